The van der Waals surface area contributed by atoms with Crippen molar-refractivity contribution < 1.29 is 17.9 Å². The van der Waals surface area contributed by atoms with Crippen molar-refractivity contribution in [3.05, 3.63) is 40.0 Å². The van der Waals surface area contributed by atoms with E-state index in [9.17, 15) is 13.2 Å². The molecule has 2 aromatic heterocycles. The van der Waals surface area contributed by atoms with Crippen LogP contribution in [0, 0.1) is 0 Å². The van der Waals surface area contributed by atoms with Crippen molar-refractivity contribution in [1.29, 1.82) is 0 Å². The van der Waals surface area contributed by atoms with Gasteiger partial charge in [-0.3, -0.25) is 0 Å². The summed E-state index contributed by atoms with van der Waals surface area (Å²) in [5.74, 6) is 1.23. The standard InChI is InChI=1S/C20H26F3N5OS/c1-2-24-19(25-10-9-18-28-16(13-30-18)20(21,22)23)27-12-14-7-8-17(26-11-14)29-15-5-3-4-6-15/h7-8,11,13,15H,2-6,9-10,12H2,1H3,(H2,24,25,27). The van der Waals surface area contributed by atoms with Gasteiger partial charge >= 0.3 is 6.18 Å². The zero-order valence-electron chi connectivity index (χ0n) is 16.8. The normalized spacial score (nSPS) is 15.4. The van der Waals surface area contributed by atoms with Crippen molar-refractivity contribution in [2.24, 2.45) is 4.99 Å². The second-order valence-electron chi connectivity index (χ2n) is 7.03. The van der Waals surface area contributed by atoms with E-state index >= 15 is 0 Å². The molecular weight excluding hydrogens is 415 g/mol. The third-order valence-corrected chi connectivity index (χ3v) is 5.53. The van der Waals surface area contributed by atoms with Crippen molar-refractivity contribution in [1.82, 2.24) is 20.6 Å². The summed E-state index contributed by atoms with van der Waals surface area (Å²) in [6.45, 7) is 3.49. The molecule has 1 fully saturated rings. The van der Waals surface area contributed by atoms with Gasteiger partial charge in [-0.05, 0) is 38.2 Å². The molecule has 6 nitrogen and oxygen atoms in total. The van der Waals surface area contributed by atoms with Gasteiger partial charge in [0.15, 0.2) is 11.7 Å². The van der Waals surface area contributed by atoms with E-state index in [-0.39, 0.29) is 6.10 Å². The molecule has 0 aliphatic heterocycles. The maximum atomic E-state index is 12.6. The molecule has 0 saturated heterocycles. The number of rotatable bonds is 8. The van der Waals surface area contributed by atoms with Crippen LogP contribution in [-0.2, 0) is 19.1 Å². The van der Waals surface area contributed by atoms with E-state index in [1.165, 1.54) is 12.8 Å². The molecule has 0 bridgehead atoms. The van der Waals surface area contributed by atoms with E-state index in [1.807, 2.05) is 19.1 Å². The zero-order valence-corrected chi connectivity index (χ0v) is 17.7. The first-order chi connectivity index (χ1) is 14.4. The van der Waals surface area contributed by atoms with Crippen molar-refractivity contribution in [2.45, 2.75) is 57.9 Å². The Hall–Kier alpha value is -2.36. The molecule has 164 valence electrons. The molecule has 0 unspecified atom stereocenters. The minimum atomic E-state index is -4.40. The van der Waals surface area contributed by atoms with Crippen LogP contribution in [0.1, 0.15) is 48.9 Å². The Bertz CT molecular complexity index is 817. The summed E-state index contributed by atoms with van der Waals surface area (Å²) >= 11 is 1.01. The highest BCUT2D eigenvalue weighted by Crippen LogP contribution is 2.30. The molecule has 3 rings (SSSR count). The van der Waals surface area contributed by atoms with Crippen LogP contribution in [0.2, 0.25) is 0 Å². The third kappa shape index (κ3) is 6.86. The lowest BCUT2D eigenvalue weighted by Crippen LogP contribution is -2.38. The van der Waals surface area contributed by atoms with Gasteiger partial charge in [0.2, 0.25) is 5.88 Å². The first kappa shape index (κ1) is 22.3. The smallest absolute Gasteiger partial charge is 0.434 e. The highest BCUT2D eigenvalue weighted by Gasteiger charge is 2.33. The van der Waals surface area contributed by atoms with Gasteiger partial charge in [-0.1, -0.05) is 6.07 Å². The second kappa shape index (κ2) is 10.6. The number of guanidine groups is 1. The van der Waals surface area contributed by atoms with Crippen LogP contribution in [0.5, 0.6) is 5.88 Å². The summed E-state index contributed by atoms with van der Waals surface area (Å²) in [6.07, 6.45) is 2.62. The average Bonchev–Trinajstić information content (AvgIpc) is 3.39. The summed E-state index contributed by atoms with van der Waals surface area (Å²) < 4.78 is 43.7. The van der Waals surface area contributed by atoms with Gasteiger partial charge in [-0.15, -0.1) is 11.3 Å². The quantitative estimate of drug-likeness (QED) is 0.475. The van der Waals surface area contributed by atoms with Gasteiger partial charge in [-0.25, -0.2) is 15.0 Å². The molecule has 2 aromatic rings. The summed E-state index contributed by atoms with van der Waals surface area (Å²) in [5.41, 5.74) is 0.108. The lowest BCUT2D eigenvalue weighted by molar-refractivity contribution is -0.140. The molecular formula is C20H26F3N5OS. The number of aliphatic imine (C=N–C) groups is 1. The minimum absolute atomic E-state index is 0.274. The number of thiazole rings is 1. The molecule has 0 aromatic carbocycles. The fraction of sp³-hybridized carbons (Fsp3) is 0.550. The van der Waals surface area contributed by atoms with Crippen LogP contribution in [0.15, 0.2) is 28.7 Å². The first-order valence-electron chi connectivity index (χ1n) is 10.1. The molecule has 0 radical (unpaired) electrons. The Morgan fingerprint density at radius 2 is 2.07 bits per heavy atom. The number of pyridine rings is 1. The van der Waals surface area contributed by atoms with E-state index in [0.717, 1.165) is 35.1 Å². The Kier molecular flexibility index (Phi) is 7.89. The molecule has 1 aliphatic rings. The van der Waals surface area contributed by atoms with Crippen LogP contribution in [0.3, 0.4) is 0 Å². The number of alkyl halides is 3. The zero-order chi connectivity index (χ0) is 21.4. The van der Waals surface area contributed by atoms with E-state index in [0.29, 0.717) is 42.9 Å². The van der Waals surface area contributed by atoms with Crippen LogP contribution in [-0.4, -0.2) is 35.1 Å². The van der Waals surface area contributed by atoms with Crippen LogP contribution in [0.4, 0.5) is 13.2 Å². The highest BCUT2D eigenvalue weighted by molar-refractivity contribution is 7.09. The average molecular weight is 442 g/mol. The third-order valence-electron chi connectivity index (χ3n) is 4.62. The Balaban J connectivity index is 1.48. The molecule has 0 atom stereocenters. The lowest BCUT2D eigenvalue weighted by atomic mass is 10.3. The van der Waals surface area contributed by atoms with Crippen molar-refractivity contribution in [3.8, 4) is 5.88 Å². The SMILES string of the molecule is CCNC(=NCc1ccc(OC2CCCC2)nc1)NCCc1nc(C(F)(F)F)cs1. The molecule has 2 heterocycles. The number of nitrogens with one attached hydrogen (secondary N) is 2. The highest BCUT2D eigenvalue weighted by atomic mass is 32.1. The van der Waals surface area contributed by atoms with Gasteiger partial charge in [0.1, 0.15) is 6.10 Å². The Labute approximate surface area is 178 Å². The number of hydrogen-bond donors (Lipinski definition) is 2. The van der Waals surface area contributed by atoms with E-state index in [4.69, 9.17) is 4.74 Å². The maximum Gasteiger partial charge on any atom is 0.434 e. The first-order valence-corrected chi connectivity index (χ1v) is 11.0. The topological polar surface area (TPSA) is 71.4 Å². The summed E-state index contributed by atoms with van der Waals surface area (Å²) in [5, 5.41) is 7.73. The molecule has 30 heavy (non-hydrogen) atoms. The number of hydrogen-bond acceptors (Lipinski definition) is 5. The van der Waals surface area contributed by atoms with Crippen LogP contribution in [0.25, 0.3) is 0 Å². The summed E-state index contributed by atoms with van der Waals surface area (Å²) in [7, 11) is 0. The predicted molar refractivity (Wildman–Crippen MR) is 111 cm³/mol. The van der Waals surface area contributed by atoms with E-state index in [2.05, 4.69) is 25.6 Å². The van der Waals surface area contributed by atoms with Crippen LogP contribution < -0.4 is 15.4 Å². The van der Waals surface area contributed by atoms with Crippen molar-refractivity contribution in [2.75, 3.05) is 13.1 Å². The number of ether oxygens (including phenoxy) is 1. The van der Waals surface area contributed by atoms with Gasteiger partial charge < -0.3 is 15.4 Å². The molecule has 10 heteroatoms. The maximum absolute atomic E-state index is 12.6. The van der Waals surface area contributed by atoms with Crippen molar-refractivity contribution in [3.63, 3.8) is 0 Å². The van der Waals surface area contributed by atoms with Gasteiger partial charge in [0, 0.05) is 37.2 Å². The second-order valence-corrected chi connectivity index (χ2v) is 7.97. The fourth-order valence-corrected chi connectivity index (χ4v) is 3.91. The summed E-state index contributed by atoms with van der Waals surface area (Å²) in [6, 6.07) is 3.81. The lowest BCUT2D eigenvalue weighted by Gasteiger charge is -2.12. The largest absolute Gasteiger partial charge is 0.474 e. The Morgan fingerprint density at radius 1 is 1.27 bits per heavy atom. The number of halogens is 3. The van der Waals surface area contributed by atoms with E-state index in [1.54, 1.807) is 6.20 Å². The van der Waals surface area contributed by atoms with Gasteiger partial charge in [0.05, 0.1) is 11.6 Å². The van der Waals surface area contributed by atoms with E-state index < -0.39 is 11.9 Å². The van der Waals surface area contributed by atoms with Gasteiger partial charge in [0.25, 0.3) is 0 Å². The molecule has 0 spiro atoms. The van der Waals surface area contributed by atoms with Crippen molar-refractivity contribution >= 4 is 17.3 Å². The minimum Gasteiger partial charge on any atom is -0.474 e. The monoisotopic (exact) mass is 441 g/mol. The van der Waals surface area contributed by atoms with Crippen LogP contribution >= 0.6 is 11.3 Å². The molecule has 1 saturated carbocycles. The molecule has 0 amide bonds. The number of aromatic nitrogens is 2. The van der Waals surface area contributed by atoms with Gasteiger partial charge in [-0.2, -0.15) is 13.2 Å². The summed E-state index contributed by atoms with van der Waals surface area (Å²) in [4.78, 5) is 12.5. The molecule has 2 N–H and O–H groups in total. The number of nitrogens with zero attached hydrogens (tertiary/aromatic N) is 3. The fourth-order valence-electron chi connectivity index (χ4n) is 3.11. The predicted octanol–water partition coefficient (Wildman–Crippen LogP) is 4.18. The Morgan fingerprint density at radius 3 is 2.70 bits per heavy atom. The molecule has 1 aliphatic carbocycles.